The number of halogens is 1. The molecule has 1 aromatic heterocycles. The van der Waals surface area contributed by atoms with Crippen molar-refractivity contribution in [2.24, 2.45) is 0 Å². The smallest absolute Gasteiger partial charge is 0.223 e. The summed E-state index contributed by atoms with van der Waals surface area (Å²) in [6.45, 7) is 4.98. The number of benzene rings is 3. The average molecular weight is 441 g/mol. The molecule has 5 nitrogen and oxygen atoms in total. The van der Waals surface area contributed by atoms with Gasteiger partial charge in [-0.05, 0) is 61.4 Å². The lowest BCUT2D eigenvalue weighted by atomic mass is 10.1. The normalized spacial score (nSPS) is 12.6. The van der Waals surface area contributed by atoms with E-state index in [0.717, 1.165) is 46.8 Å². The summed E-state index contributed by atoms with van der Waals surface area (Å²) < 4.78 is 15.2. The molecular weight excluding hydrogens is 415 g/mol. The molecule has 2 heterocycles. The average Bonchev–Trinajstić information content (AvgIpc) is 3.43. The van der Waals surface area contributed by atoms with Crippen molar-refractivity contribution in [3.63, 3.8) is 0 Å². The molecule has 4 aromatic rings. The highest BCUT2D eigenvalue weighted by molar-refractivity contribution is 5.94. The Kier molecular flexibility index (Phi) is 5.42. The van der Waals surface area contributed by atoms with Crippen molar-refractivity contribution in [2.45, 2.75) is 26.8 Å². The third-order valence-corrected chi connectivity index (χ3v) is 6.04. The Morgan fingerprint density at radius 3 is 2.55 bits per heavy atom. The summed E-state index contributed by atoms with van der Waals surface area (Å²) >= 11 is 0. The first-order valence-electron chi connectivity index (χ1n) is 11.0. The highest BCUT2D eigenvalue weighted by atomic mass is 19.1. The maximum absolute atomic E-state index is 13.4. The molecule has 0 spiro atoms. The van der Waals surface area contributed by atoms with Gasteiger partial charge in [-0.15, -0.1) is 0 Å². The molecule has 0 bridgehead atoms. The van der Waals surface area contributed by atoms with Crippen LogP contribution < -0.4 is 10.2 Å². The third kappa shape index (κ3) is 4.24. The Labute approximate surface area is 192 Å². The molecule has 0 saturated carbocycles. The number of rotatable bonds is 5. The first-order chi connectivity index (χ1) is 16.0. The predicted molar refractivity (Wildman–Crippen MR) is 129 cm³/mol. The van der Waals surface area contributed by atoms with Crippen molar-refractivity contribution >= 4 is 17.3 Å². The second kappa shape index (κ2) is 8.54. The monoisotopic (exact) mass is 440 g/mol. The van der Waals surface area contributed by atoms with Crippen LogP contribution in [0.4, 0.5) is 15.8 Å². The van der Waals surface area contributed by atoms with E-state index in [1.165, 1.54) is 23.3 Å². The van der Waals surface area contributed by atoms with E-state index in [9.17, 15) is 9.18 Å². The van der Waals surface area contributed by atoms with Gasteiger partial charge in [-0.1, -0.05) is 29.8 Å². The molecule has 0 radical (unpaired) electrons. The summed E-state index contributed by atoms with van der Waals surface area (Å²) in [5.41, 5.74) is 8.12. The van der Waals surface area contributed by atoms with Crippen LogP contribution in [-0.4, -0.2) is 22.2 Å². The highest BCUT2D eigenvalue weighted by Crippen LogP contribution is 2.31. The number of carbonyl (C=O) groups excluding carboxylic acids is 1. The summed E-state index contributed by atoms with van der Waals surface area (Å²) in [7, 11) is 0. The molecule has 1 amide bonds. The van der Waals surface area contributed by atoms with Crippen LogP contribution in [0.1, 0.15) is 23.6 Å². The van der Waals surface area contributed by atoms with E-state index >= 15 is 0 Å². The number of nitrogens with zero attached hydrogens (tertiary/aromatic N) is 3. The van der Waals surface area contributed by atoms with Gasteiger partial charge in [0.25, 0.3) is 0 Å². The minimum atomic E-state index is -0.272. The molecule has 6 heteroatoms. The quantitative estimate of drug-likeness (QED) is 0.445. The molecule has 0 fully saturated rings. The fourth-order valence-electron chi connectivity index (χ4n) is 4.26. The zero-order chi connectivity index (χ0) is 22.9. The zero-order valence-corrected chi connectivity index (χ0v) is 18.7. The molecular formula is C27H25FN4O. The number of amides is 1. The van der Waals surface area contributed by atoms with Crippen LogP contribution in [0.3, 0.4) is 0 Å². The first kappa shape index (κ1) is 20.9. The van der Waals surface area contributed by atoms with Gasteiger partial charge in [0.1, 0.15) is 5.82 Å². The van der Waals surface area contributed by atoms with Crippen LogP contribution in [0.5, 0.6) is 0 Å². The summed E-state index contributed by atoms with van der Waals surface area (Å²) in [5.74, 6) is -0.197. The van der Waals surface area contributed by atoms with Crippen molar-refractivity contribution in [3.8, 4) is 16.9 Å². The summed E-state index contributed by atoms with van der Waals surface area (Å²) in [6, 6.07) is 20.8. The van der Waals surface area contributed by atoms with Crippen molar-refractivity contribution in [3.05, 3.63) is 95.4 Å². The van der Waals surface area contributed by atoms with Crippen LogP contribution in [0.2, 0.25) is 0 Å². The Morgan fingerprint density at radius 2 is 1.82 bits per heavy atom. The molecule has 1 aliphatic rings. The van der Waals surface area contributed by atoms with Gasteiger partial charge in [0, 0.05) is 48.7 Å². The van der Waals surface area contributed by atoms with Gasteiger partial charge in [-0.2, -0.15) is 5.10 Å². The number of hydrogen-bond acceptors (Lipinski definition) is 3. The molecule has 0 atom stereocenters. The lowest BCUT2D eigenvalue weighted by Crippen LogP contribution is -2.25. The SMILES string of the molecule is CC(=O)N1CCc2cc(NCc3cn(-c4ccc(F)cc4)nc3-c3ccc(C)cc3)ccc21. The van der Waals surface area contributed by atoms with Crippen molar-refractivity contribution in [2.75, 3.05) is 16.8 Å². The number of carbonyl (C=O) groups is 1. The Morgan fingerprint density at radius 1 is 1.06 bits per heavy atom. The number of anilines is 2. The highest BCUT2D eigenvalue weighted by Gasteiger charge is 2.22. The minimum Gasteiger partial charge on any atom is -0.381 e. The van der Waals surface area contributed by atoms with Crippen LogP contribution in [0.25, 0.3) is 16.9 Å². The van der Waals surface area contributed by atoms with E-state index in [1.807, 2.05) is 23.2 Å². The summed E-state index contributed by atoms with van der Waals surface area (Å²) in [4.78, 5) is 13.6. The van der Waals surface area contributed by atoms with Gasteiger partial charge in [0.05, 0.1) is 11.4 Å². The lowest BCUT2D eigenvalue weighted by Gasteiger charge is -2.15. The number of aryl methyl sites for hydroxylation is 1. The maximum atomic E-state index is 13.4. The van der Waals surface area contributed by atoms with E-state index in [2.05, 4.69) is 42.6 Å². The van der Waals surface area contributed by atoms with Crippen LogP contribution in [0.15, 0.2) is 72.9 Å². The van der Waals surface area contributed by atoms with E-state index in [-0.39, 0.29) is 11.7 Å². The molecule has 33 heavy (non-hydrogen) atoms. The summed E-state index contributed by atoms with van der Waals surface area (Å²) in [6.07, 6.45) is 2.85. The molecule has 0 aliphatic carbocycles. The first-order valence-corrected chi connectivity index (χ1v) is 11.0. The van der Waals surface area contributed by atoms with Crippen LogP contribution in [-0.2, 0) is 17.8 Å². The predicted octanol–water partition coefficient (Wildman–Crippen LogP) is 5.51. The number of aromatic nitrogens is 2. The number of fused-ring (bicyclic) bond motifs is 1. The standard InChI is InChI=1S/C27H25FN4O/c1-18-3-5-20(6-4-18)27-22(17-32(30-27)25-10-7-23(28)8-11-25)16-29-24-9-12-26-21(15-24)13-14-31(26)19(2)33/h3-12,15,17,29H,13-14,16H2,1-2H3. The number of nitrogens with one attached hydrogen (secondary N) is 1. The van der Waals surface area contributed by atoms with Gasteiger partial charge < -0.3 is 10.2 Å². The minimum absolute atomic E-state index is 0.0745. The fraction of sp³-hybridized carbons (Fsp3) is 0.185. The van der Waals surface area contributed by atoms with Crippen LogP contribution >= 0.6 is 0 Å². The Hall–Kier alpha value is -3.93. The molecule has 0 unspecified atom stereocenters. The van der Waals surface area contributed by atoms with Gasteiger partial charge >= 0.3 is 0 Å². The largest absolute Gasteiger partial charge is 0.381 e. The van der Waals surface area contributed by atoms with Crippen molar-refractivity contribution in [1.82, 2.24) is 9.78 Å². The fourth-order valence-corrected chi connectivity index (χ4v) is 4.26. The van der Waals surface area contributed by atoms with Crippen molar-refractivity contribution < 1.29 is 9.18 Å². The summed E-state index contributed by atoms with van der Waals surface area (Å²) in [5, 5.41) is 8.33. The molecule has 1 aliphatic heterocycles. The molecule has 3 aromatic carbocycles. The van der Waals surface area contributed by atoms with Gasteiger partial charge in [-0.25, -0.2) is 9.07 Å². The molecule has 5 rings (SSSR count). The molecule has 1 N–H and O–H groups in total. The van der Waals surface area contributed by atoms with Gasteiger partial charge in [0.2, 0.25) is 5.91 Å². The Balaban J connectivity index is 1.44. The van der Waals surface area contributed by atoms with Gasteiger partial charge in [-0.3, -0.25) is 4.79 Å². The molecule has 166 valence electrons. The van der Waals surface area contributed by atoms with Gasteiger partial charge in [0.15, 0.2) is 0 Å². The zero-order valence-electron chi connectivity index (χ0n) is 18.7. The molecule has 0 saturated heterocycles. The number of hydrogen-bond donors (Lipinski definition) is 1. The maximum Gasteiger partial charge on any atom is 0.223 e. The van der Waals surface area contributed by atoms with E-state index in [1.54, 1.807) is 23.7 Å². The second-order valence-corrected chi connectivity index (χ2v) is 8.41. The van der Waals surface area contributed by atoms with Crippen LogP contribution in [0, 0.1) is 12.7 Å². The van der Waals surface area contributed by atoms with E-state index in [0.29, 0.717) is 6.54 Å². The second-order valence-electron chi connectivity index (χ2n) is 8.41. The van der Waals surface area contributed by atoms with E-state index < -0.39 is 0 Å². The van der Waals surface area contributed by atoms with Crippen molar-refractivity contribution in [1.29, 1.82) is 0 Å². The lowest BCUT2D eigenvalue weighted by molar-refractivity contribution is -0.116. The van der Waals surface area contributed by atoms with E-state index in [4.69, 9.17) is 5.10 Å². The topological polar surface area (TPSA) is 50.2 Å². The third-order valence-electron chi connectivity index (χ3n) is 6.04. The Bertz CT molecular complexity index is 1310.